The zero-order valence-corrected chi connectivity index (χ0v) is 14.2. The minimum Gasteiger partial charge on any atom is -0.312 e. The summed E-state index contributed by atoms with van der Waals surface area (Å²) in [5.41, 5.74) is 1.95. The van der Waals surface area contributed by atoms with Crippen molar-refractivity contribution in [2.24, 2.45) is 0 Å². The van der Waals surface area contributed by atoms with E-state index < -0.39 is 0 Å². The van der Waals surface area contributed by atoms with Gasteiger partial charge in [0.15, 0.2) is 0 Å². The summed E-state index contributed by atoms with van der Waals surface area (Å²) in [5.74, 6) is 0. The summed E-state index contributed by atoms with van der Waals surface area (Å²) < 4.78 is 0. The number of hydrogen-bond acceptors (Lipinski definition) is 4. The molecule has 0 atom stereocenters. The van der Waals surface area contributed by atoms with Crippen LogP contribution in [0.25, 0.3) is 11.3 Å². The van der Waals surface area contributed by atoms with Gasteiger partial charge in [0.2, 0.25) is 0 Å². The maximum Gasteiger partial charge on any atom is 0.305 e. The monoisotopic (exact) mass is 337 g/mol. The lowest BCUT2D eigenvalue weighted by Crippen LogP contribution is -2.45. The second-order valence-corrected chi connectivity index (χ2v) is 7.03. The second-order valence-electron chi connectivity index (χ2n) is 5.53. The van der Waals surface area contributed by atoms with Gasteiger partial charge in [-0.25, -0.2) is 0 Å². The molecule has 0 bridgehead atoms. The van der Waals surface area contributed by atoms with E-state index >= 15 is 0 Å². The van der Waals surface area contributed by atoms with E-state index in [4.69, 9.17) is 11.6 Å². The van der Waals surface area contributed by atoms with E-state index in [2.05, 4.69) is 21.7 Å². The fourth-order valence-electron chi connectivity index (χ4n) is 2.79. The van der Waals surface area contributed by atoms with Crippen LogP contribution in [0.5, 0.6) is 0 Å². The molecule has 1 N–H and O–H groups in total. The molecule has 2 aromatic rings. The Labute approximate surface area is 139 Å². The zero-order chi connectivity index (χ0) is 15.5. The maximum absolute atomic E-state index is 11.8. The average Bonchev–Trinajstić information content (AvgIpc) is 2.89. The van der Waals surface area contributed by atoms with E-state index in [1.54, 1.807) is 0 Å². The number of nitrogens with zero attached hydrogens (tertiary/aromatic N) is 2. The summed E-state index contributed by atoms with van der Waals surface area (Å²) >= 11 is 7.26. The largest absolute Gasteiger partial charge is 0.312 e. The number of nitrogens with one attached hydrogen (secondary N) is 1. The van der Waals surface area contributed by atoms with Crippen molar-refractivity contribution in [3.05, 3.63) is 43.8 Å². The number of aromatic amines is 1. The maximum atomic E-state index is 11.8. The molecule has 1 aromatic carbocycles. The van der Waals surface area contributed by atoms with E-state index in [0.29, 0.717) is 5.02 Å². The summed E-state index contributed by atoms with van der Waals surface area (Å²) in [7, 11) is 0. The van der Waals surface area contributed by atoms with E-state index in [9.17, 15) is 4.79 Å². The standard InChI is InChI=1S/C16H20ClN3OS/c1-2-19-7-9-20(10-8-19)11-14-15(18-16(21)22-14)12-3-5-13(17)6-4-12/h3-6H,2,7-11H2,1H3,(H,18,21). The van der Waals surface area contributed by atoms with Gasteiger partial charge in [-0.2, -0.15) is 0 Å². The molecule has 6 heteroatoms. The Morgan fingerprint density at radius 2 is 1.77 bits per heavy atom. The highest BCUT2D eigenvalue weighted by Gasteiger charge is 2.18. The lowest BCUT2D eigenvalue weighted by atomic mass is 10.1. The van der Waals surface area contributed by atoms with Gasteiger partial charge >= 0.3 is 4.87 Å². The third kappa shape index (κ3) is 3.60. The number of rotatable bonds is 4. The van der Waals surface area contributed by atoms with Crippen LogP contribution in [0.3, 0.4) is 0 Å². The minimum atomic E-state index is 0.00661. The van der Waals surface area contributed by atoms with E-state index in [1.807, 2.05) is 24.3 Å². The van der Waals surface area contributed by atoms with Crippen molar-refractivity contribution >= 4 is 22.9 Å². The van der Waals surface area contributed by atoms with E-state index in [0.717, 1.165) is 55.4 Å². The molecule has 22 heavy (non-hydrogen) atoms. The van der Waals surface area contributed by atoms with Gasteiger partial charge in [0.05, 0.1) is 5.69 Å². The molecule has 118 valence electrons. The first-order chi connectivity index (χ1) is 10.7. The predicted molar refractivity (Wildman–Crippen MR) is 92.8 cm³/mol. The molecule has 1 aliphatic heterocycles. The zero-order valence-electron chi connectivity index (χ0n) is 12.6. The first-order valence-electron chi connectivity index (χ1n) is 7.58. The van der Waals surface area contributed by atoms with Crippen LogP contribution in [0.15, 0.2) is 29.1 Å². The number of piperazine rings is 1. The van der Waals surface area contributed by atoms with Gasteiger partial charge in [-0.05, 0) is 24.2 Å². The normalized spacial score (nSPS) is 17.0. The average molecular weight is 338 g/mol. The smallest absolute Gasteiger partial charge is 0.305 e. The predicted octanol–water partition coefficient (Wildman–Crippen LogP) is 2.89. The Bertz CT molecular complexity index is 671. The summed E-state index contributed by atoms with van der Waals surface area (Å²) in [6.07, 6.45) is 0. The van der Waals surface area contributed by atoms with Crippen molar-refractivity contribution < 1.29 is 0 Å². The van der Waals surface area contributed by atoms with Gasteiger partial charge in [0.25, 0.3) is 0 Å². The number of hydrogen-bond donors (Lipinski definition) is 1. The third-order valence-corrected chi connectivity index (χ3v) is 5.25. The van der Waals surface area contributed by atoms with Crippen molar-refractivity contribution in [3.8, 4) is 11.3 Å². The van der Waals surface area contributed by atoms with Gasteiger partial charge in [-0.1, -0.05) is 42.0 Å². The highest BCUT2D eigenvalue weighted by molar-refractivity contribution is 7.09. The second kappa shape index (κ2) is 6.96. The topological polar surface area (TPSA) is 39.3 Å². The fraction of sp³-hybridized carbons (Fsp3) is 0.438. The number of benzene rings is 1. The molecule has 0 saturated carbocycles. The Morgan fingerprint density at radius 3 is 2.41 bits per heavy atom. The lowest BCUT2D eigenvalue weighted by molar-refractivity contribution is 0.133. The molecule has 2 heterocycles. The number of thiazole rings is 1. The first kappa shape index (κ1) is 15.7. The summed E-state index contributed by atoms with van der Waals surface area (Å²) in [6, 6.07) is 7.63. The van der Waals surface area contributed by atoms with Gasteiger partial charge in [-0.15, -0.1) is 0 Å². The molecule has 0 unspecified atom stereocenters. The summed E-state index contributed by atoms with van der Waals surface area (Å²) in [6.45, 7) is 8.46. The van der Waals surface area contributed by atoms with Crippen LogP contribution in [0.1, 0.15) is 11.8 Å². The van der Waals surface area contributed by atoms with Crippen LogP contribution >= 0.6 is 22.9 Å². The van der Waals surface area contributed by atoms with Crippen molar-refractivity contribution in [3.63, 3.8) is 0 Å². The molecule has 0 radical (unpaired) electrons. The van der Waals surface area contributed by atoms with Gasteiger partial charge in [0, 0.05) is 42.6 Å². The Kier molecular flexibility index (Phi) is 4.98. The fourth-order valence-corrected chi connectivity index (χ4v) is 3.81. The molecule has 3 rings (SSSR count). The van der Waals surface area contributed by atoms with Crippen molar-refractivity contribution in [2.45, 2.75) is 13.5 Å². The molecule has 0 amide bonds. The van der Waals surface area contributed by atoms with E-state index in [-0.39, 0.29) is 4.87 Å². The van der Waals surface area contributed by atoms with Crippen molar-refractivity contribution in [2.75, 3.05) is 32.7 Å². The highest BCUT2D eigenvalue weighted by atomic mass is 35.5. The number of halogens is 1. The molecule has 0 aliphatic carbocycles. The third-order valence-electron chi connectivity index (χ3n) is 4.13. The molecule has 1 fully saturated rings. The Morgan fingerprint density at radius 1 is 1.14 bits per heavy atom. The number of likely N-dealkylation sites (N-methyl/N-ethyl adjacent to an activating group) is 1. The summed E-state index contributed by atoms with van der Waals surface area (Å²) in [5, 5.41) is 0.707. The van der Waals surface area contributed by atoms with Crippen LogP contribution in [0.4, 0.5) is 0 Å². The molecule has 1 aromatic heterocycles. The Balaban J connectivity index is 1.77. The number of aromatic nitrogens is 1. The number of H-pyrrole nitrogens is 1. The van der Waals surface area contributed by atoms with Gasteiger partial charge in [0.1, 0.15) is 0 Å². The molecule has 1 aliphatic rings. The highest BCUT2D eigenvalue weighted by Crippen LogP contribution is 2.26. The molecular formula is C16H20ClN3OS. The molecule has 1 saturated heterocycles. The minimum absolute atomic E-state index is 0.00661. The van der Waals surface area contributed by atoms with Crippen LogP contribution in [0.2, 0.25) is 5.02 Å². The molecule has 0 spiro atoms. The van der Waals surface area contributed by atoms with Crippen molar-refractivity contribution in [1.29, 1.82) is 0 Å². The van der Waals surface area contributed by atoms with Gasteiger partial charge < -0.3 is 9.88 Å². The quantitative estimate of drug-likeness (QED) is 0.932. The van der Waals surface area contributed by atoms with Gasteiger partial charge in [-0.3, -0.25) is 9.69 Å². The van der Waals surface area contributed by atoms with Crippen LogP contribution in [0, 0.1) is 0 Å². The van der Waals surface area contributed by atoms with Crippen LogP contribution in [-0.2, 0) is 6.54 Å². The molecular weight excluding hydrogens is 318 g/mol. The van der Waals surface area contributed by atoms with Crippen molar-refractivity contribution in [1.82, 2.24) is 14.8 Å². The first-order valence-corrected chi connectivity index (χ1v) is 8.78. The summed E-state index contributed by atoms with van der Waals surface area (Å²) in [4.78, 5) is 20.8. The molecule has 4 nitrogen and oxygen atoms in total. The van der Waals surface area contributed by atoms with Crippen LogP contribution in [-0.4, -0.2) is 47.5 Å². The lowest BCUT2D eigenvalue weighted by Gasteiger charge is -2.33. The SMILES string of the molecule is CCN1CCN(Cc2sc(=O)[nH]c2-c2ccc(Cl)cc2)CC1. The Hall–Kier alpha value is -1.14. The van der Waals surface area contributed by atoms with E-state index in [1.165, 1.54) is 11.3 Å². The van der Waals surface area contributed by atoms with Crippen LogP contribution < -0.4 is 4.87 Å².